The second kappa shape index (κ2) is 5.41. The van der Waals surface area contributed by atoms with E-state index in [1.807, 2.05) is 18.2 Å². The summed E-state index contributed by atoms with van der Waals surface area (Å²) in [4.78, 5) is 18.6. The topological polar surface area (TPSA) is 101 Å². The molecular formula is C13H10N4O3S. The van der Waals surface area contributed by atoms with Gasteiger partial charge in [-0.1, -0.05) is 0 Å². The zero-order chi connectivity index (χ0) is 14.8. The van der Waals surface area contributed by atoms with Crippen LogP contribution in [0.4, 0.5) is 0 Å². The molecule has 0 unspecified atom stereocenters. The number of benzene rings is 1. The Labute approximate surface area is 123 Å². The Kier molecular flexibility index (Phi) is 3.44. The number of nitrogens with one attached hydrogen (secondary N) is 1. The highest BCUT2D eigenvalue weighted by atomic mass is 32.2. The van der Waals surface area contributed by atoms with Crippen molar-refractivity contribution in [2.45, 2.75) is 10.2 Å². The van der Waals surface area contributed by atoms with Gasteiger partial charge in [0.05, 0.1) is 29.9 Å². The molecule has 0 fully saturated rings. The summed E-state index contributed by atoms with van der Waals surface area (Å²) < 4.78 is 5.15. The first-order valence-electron chi connectivity index (χ1n) is 5.94. The number of nitrogens with zero attached hydrogens (tertiary/aromatic N) is 3. The molecule has 2 heterocycles. The predicted molar refractivity (Wildman–Crippen MR) is 75.8 cm³/mol. The Morgan fingerprint density at radius 3 is 3.00 bits per heavy atom. The minimum absolute atomic E-state index is 0.0908. The number of rotatable bonds is 4. The van der Waals surface area contributed by atoms with Crippen LogP contribution in [-0.4, -0.2) is 38.4 Å². The molecule has 0 bridgehead atoms. The number of carboxylic acids is 1. The SMILES string of the molecule is COc1ccc2nc(Sc3nnccc3C(=O)O)[nH]c2c1. The molecule has 0 saturated carbocycles. The third-order valence-electron chi connectivity index (χ3n) is 2.78. The van der Waals surface area contributed by atoms with E-state index in [2.05, 4.69) is 20.2 Å². The Balaban J connectivity index is 1.97. The maximum absolute atomic E-state index is 11.1. The summed E-state index contributed by atoms with van der Waals surface area (Å²) in [5, 5.41) is 17.5. The molecule has 0 radical (unpaired) electrons. The lowest BCUT2D eigenvalue weighted by Gasteiger charge is -2.00. The first kappa shape index (κ1) is 13.4. The van der Waals surface area contributed by atoms with Crippen molar-refractivity contribution in [2.75, 3.05) is 7.11 Å². The zero-order valence-corrected chi connectivity index (χ0v) is 11.7. The number of aromatic nitrogens is 4. The highest BCUT2D eigenvalue weighted by molar-refractivity contribution is 7.99. The standard InChI is InChI=1S/C13H10N4O3S/c1-20-7-2-3-9-10(6-7)16-13(15-9)21-11-8(12(18)19)4-5-14-17-11/h2-6H,1H3,(H,15,16)(H,18,19). The number of aromatic amines is 1. The second-order valence-electron chi connectivity index (χ2n) is 4.08. The summed E-state index contributed by atoms with van der Waals surface area (Å²) in [5.74, 6) is -0.335. The van der Waals surface area contributed by atoms with Crippen LogP contribution < -0.4 is 4.74 Å². The molecule has 7 nitrogen and oxygen atoms in total. The van der Waals surface area contributed by atoms with Gasteiger partial charge in [-0.25, -0.2) is 9.78 Å². The molecule has 0 spiro atoms. The van der Waals surface area contributed by atoms with Crippen molar-refractivity contribution in [1.82, 2.24) is 20.2 Å². The third-order valence-corrected chi connectivity index (χ3v) is 3.66. The molecule has 0 amide bonds. The number of aromatic carboxylic acids is 1. The molecule has 106 valence electrons. The first-order valence-corrected chi connectivity index (χ1v) is 6.75. The van der Waals surface area contributed by atoms with E-state index in [0.717, 1.165) is 22.8 Å². The number of carboxylic acid groups (broad SMARTS) is 1. The zero-order valence-electron chi connectivity index (χ0n) is 10.9. The van der Waals surface area contributed by atoms with Gasteiger partial charge in [-0.2, -0.15) is 5.10 Å². The lowest BCUT2D eigenvalue weighted by Crippen LogP contribution is -2.01. The monoisotopic (exact) mass is 302 g/mol. The lowest BCUT2D eigenvalue weighted by molar-refractivity contribution is 0.0692. The van der Waals surface area contributed by atoms with Gasteiger partial charge < -0.3 is 14.8 Å². The highest BCUT2D eigenvalue weighted by Gasteiger charge is 2.15. The van der Waals surface area contributed by atoms with Crippen molar-refractivity contribution >= 4 is 28.8 Å². The molecule has 1 aromatic carbocycles. The van der Waals surface area contributed by atoms with E-state index in [1.54, 1.807) is 7.11 Å². The van der Waals surface area contributed by atoms with Crippen molar-refractivity contribution in [1.29, 1.82) is 0 Å². The number of hydrogen-bond donors (Lipinski definition) is 2. The number of fused-ring (bicyclic) bond motifs is 1. The van der Waals surface area contributed by atoms with Gasteiger partial charge in [-0.05, 0) is 30.0 Å². The van der Waals surface area contributed by atoms with Crippen LogP contribution in [0, 0.1) is 0 Å². The van der Waals surface area contributed by atoms with Crippen LogP contribution >= 0.6 is 11.8 Å². The van der Waals surface area contributed by atoms with Crippen LogP contribution in [0.1, 0.15) is 10.4 Å². The van der Waals surface area contributed by atoms with E-state index >= 15 is 0 Å². The number of carbonyl (C=O) groups is 1. The van der Waals surface area contributed by atoms with Crippen LogP contribution in [0.2, 0.25) is 0 Å². The van der Waals surface area contributed by atoms with Gasteiger partial charge in [-0.3, -0.25) is 0 Å². The Morgan fingerprint density at radius 1 is 1.38 bits per heavy atom. The van der Waals surface area contributed by atoms with Gasteiger partial charge in [0.1, 0.15) is 10.8 Å². The average Bonchev–Trinajstić information content (AvgIpc) is 2.88. The fourth-order valence-electron chi connectivity index (χ4n) is 1.79. The summed E-state index contributed by atoms with van der Waals surface area (Å²) in [7, 11) is 1.59. The Hall–Kier alpha value is -2.61. The van der Waals surface area contributed by atoms with Crippen molar-refractivity contribution in [2.24, 2.45) is 0 Å². The molecule has 0 aliphatic carbocycles. The number of hydrogen-bond acceptors (Lipinski definition) is 6. The molecule has 2 N–H and O–H groups in total. The maximum Gasteiger partial charge on any atom is 0.338 e. The molecule has 2 aromatic heterocycles. The fourth-order valence-corrected chi connectivity index (χ4v) is 2.63. The van der Waals surface area contributed by atoms with Crippen LogP contribution in [0.5, 0.6) is 5.75 Å². The summed E-state index contributed by atoms with van der Waals surface area (Å²) in [6.45, 7) is 0. The first-order chi connectivity index (χ1) is 10.2. The van der Waals surface area contributed by atoms with Crippen molar-refractivity contribution in [3.8, 4) is 5.75 Å². The molecule has 0 aliphatic rings. The summed E-state index contributed by atoms with van der Waals surface area (Å²) in [6.07, 6.45) is 1.34. The van der Waals surface area contributed by atoms with Crippen molar-refractivity contribution in [3.63, 3.8) is 0 Å². The van der Waals surface area contributed by atoms with E-state index in [0.29, 0.717) is 10.9 Å². The maximum atomic E-state index is 11.1. The molecule has 8 heteroatoms. The molecular weight excluding hydrogens is 292 g/mol. The molecule has 0 saturated heterocycles. The van der Waals surface area contributed by atoms with Crippen molar-refractivity contribution < 1.29 is 14.6 Å². The predicted octanol–water partition coefficient (Wildman–Crippen LogP) is 2.21. The quantitative estimate of drug-likeness (QED) is 0.761. The molecule has 0 aliphatic heterocycles. The molecule has 3 rings (SSSR count). The third kappa shape index (κ3) is 2.65. The minimum atomic E-state index is -1.05. The van der Waals surface area contributed by atoms with E-state index in [-0.39, 0.29) is 10.6 Å². The second-order valence-corrected chi connectivity index (χ2v) is 5.06. The Morgan fingerprint density at radius 2 is 2.24 bits per heavy atom. The largest absolute Gasteiger partial charge is 0.497 e. The Bertz CT molecular complexity index is 818. The molecule has 3 aromatic rings. The average molecular weight is 302 g/mol. The number of ether oxygens (including phenoxy) is 1. The molecule has 0 atom stereocenters. The molecule has 21 heavy (non-hydrogen) atoms. The van der Waals surface area contributed by atoms with Gasteiger partial charge >= 0.3 is 5.97 Å². The lowest BCUT2D eigenvalue weighted by atomic mass is 10.3. The van der Waals surface area contributed by atoms with Crippen LogP contribution in [0.25, 0.3) is 11.0 Å². The normalized spacial score (nSPS) is 10.7. The summed E-state index contributed by atoms with van der Waals surface area (Å²) in [5.41, 5.74) is 1.66. The van der Waals surface area contributed by atoms with Gasteiger partial charge in [-0.15, -0.1) is 5.10 Å². The van der Waals surface area contributed by atoms with Crippen LogP contribution in [0.15, 0.2) is 40.6 Å². The van der Waals surface area contributed by atoms with E-state index in [9.17, 15) is 4.79 Å². The van der Waals surface area contributed by atoms with E-state index in [1.165, 1.54) is 12.3 Å². The van der Waals surface area contributed by atoms with Crippen molar-refractivity contribution in [3.05, 3.63) is 36.0 Å². The van der Waals surface area contributed by atoms with Gasteiger partial charge in [0, 0.05) is 6.07 Å². The number of methoxy groups -OCH3 is 1. The fraction of sp³-hybridized carbons (Fsp3) is 0.0769. The van der Waals surface area contributed by atoms with Gasteiger partial charge in [0.25, 0.3) is 0 Å². The van der Waals surface area contributed by atoms with Gasteiger partial charge in [0.2, 0.25) is 0 Å². The van der Waals surface area contributed by atoms with E-state index in [4.69, 9.17) is 9.84 Å². The number of imidazole rings is 1. The summed E-state index contributed by atoms with van der Waals surface area (Å²) >= 11 is 1.12. The van der Waals surface area contributed by atoms with E-state index < -0.39 is 5.97 Å². The smallest absolute Gasteiger partial charge is 0.338 e. The minimum Gasteiger partial charge on any atom is -0.497 e. The number of H-pyrrole nitrogens is 1. The summed E-state index contributed by atoms with van der Waals surface area (Å²) in [6, 6.07) is 6.86. The highest BCUT2D eigenvalue weighted by Crippen LogP contribution is 2.28. The van der Waals surface area contributed by atoms with Crippen LogP contribution in [-0.2, 0) is 0 Å². The van der Waals surface area contributed by atoms with Crippen LogP contribution in [0.3, 0.4) is 0 Å². The van der Waals surface area contributed by atoms with Gasteiger partial charge in [0.15, 0.2) is 5.16 Å².